The molecule has 0 amide bonds. The first kappa shape index (κ1) is 14.0. The molecule has 0 saturated heterocycles. The first-order valence-corrected chi connectivity index (χ1v) is 6.32. The van der Waals surface area contributed by atoms with Gasteiger partial charge >= 0.3 is 0 Å². The van der Waals surface area contributed by atoms with Gasteiger partial charge in [0, 0.05) is 38.1 Å². The van der Waals surface area contributed by atoms with E-state index >= 15 is 0 Å². The zero-order valence-electron chi connectivity index (χ0n) is 10.4. The van der Waals surface area contributed by atoms with Crippen LogP contribution < -0.4 is 16.8 Å². The highest BCUT2D eigenvalue weighted by Crippen LogP contribution is 2.20. The average molecular weight is 236 g/mol. The molecule has 0 spiro atoms. The molecule has 2 unspecified atom stereocenters. The summed E-state index contributed by atoms with van der Waals surface area (Å²) in [6.45, 7) is 4.11. The van der Waals surface area contributed by atoms with Crippen molar-refractivity contribution in [3.63, 3.8) is 0 Å². The van der Waals surface area contributed by atoms with E-state index in [4.69, 9.17) is 17.9 Å². The summed E-state index contributed by atoms with van der Waals surface area (Å²) in [6, 6.07) is 0.488. The third kappa shape index (κ3) is 4.78. The molecule has 4 nitrogen and oxygen atoms in total. The van der Waals surface area contributed by atoms with Gasteiger partial charge in [0.15, 0.2) is 0 Å². The number of hydrogen-bond acceptors (Lipinski definition) is 4. The van der Waals surface area contributed by atoms with Crippen LogP contribution in [0.25, 0.3) is 0 Å². The molecule has 4 heteroatoms. The minimum atomic E-state index is 0.275. The minimum Gasteiger partial charge on any atom is -0.371 e. The number of nitrogens with one attached hydrogen (secondary N) is 1. The van der Waals surface area contributed by atoms with Crippen molar-refractivity contribution >= 4 is 0 Å². The van der Waals surface area contributed by atoms with Crippen molar-refractivity contribution in [1.29, 1.82) is 0 Å². The van der Waals surface area contributed by atoms with E-state index in [0.29, 0.717) is 12.6 Å². The molecule has 1 aliphatic heterocycles. The fourth-order valence-electron chi connectivity index (χ4n) is 1.94. The lowest BCUT2D eigenvalue weighted by molar-refractivity contribution is 0.246. The second-order valence-corrected chi connectivity index (χ2v) is 4.38. The van der Waals surface area contributed by atoms with Crippen LogP contribution >= 0.6 is 0 Å². The molecule has 1 rings (SSSR count). The van der Waals surface area contributed by atoms with E-state index in [9.17, 15) is 0 Å². The van der Waals surface area contributed by atoms with Gasteiger partial charge in [-0.2, -0.15) is 0 Å². The minimum absolute atomic E-state index is 0.275. The summed E-state index contributed by atoms with van der Waals surface area (Å²) in [5, 5.41) is 3.27. The van der Waals surface area contributed by atoms with Crippen molar-refractivity contribution in [3.05, 3.63) is 12.3 Å². The van der Waals surface area contributed by atoms with Gasteiger partial charge in [-0.3, -0.25) is 0 Å². The Morgan fingerprint density at radius 1 is 1.41 bits per heavy atom. The lowest BCUT2D eigenvalue weighted by Crippen LogP contribution is -2.40. The van der Waals surface area contributed by atoms with Crippen LogP contribution in [-0.4, -0.2) is 43.7 Å². The molecule has 1 heterocycles. The molecule has 5 N–H and O–H groups in total. The van der Waals surface area contributed by atoms with Crippen LogP contribution in [0.4, 0.5) is 0 Å². The van der Waals surface area contributed by atoms with Gasteiger partial charge < -0.3 is 21.7 Å². The smallest absolute Gasteiger partial charge is 0.0496 e. The van der Waals surface area contributed by atoms with Crippen LogP contribution in [0.2, 0.25) is 0 Å². The van der Waals surface area contributed by atoms with Gasteiger partial charge in [-0.1, -0.05) is 0 Å². The van der Waals surface area contributed by atoms with E-state index in [0.717, 1.165) is 39.0 Å². The molecule has 2 atom stereocenters. The van der Waals surface area contributed by atoms with Crippen LogP contribution in [0.1, 0.15) is 12.8 Å². The summed E-state index contributed by atoms with van der Waals surface area (Å²) >= 11 is 0. The number of hydrogen-bond donors (Lipinski definition) is 3. The van der Waals surface area contributed by atoms with Crippen molar-refractivity contribution in [2.75, 3.05) is 32.7 Å². The highest BCUT2D eigenvalue weighted by atomic mass is 15.2. The Morgan fingerprint density at radius 3 is 2.76 bits per heavy atom. The Hall–Kier alpha value is -1.02. The molecule has 1 aliphatic rings. The topological polar surface area (TPSA) is 67.3 Å². The van der Waals surface area contributed by atoms with Crippen molar-refractivity contribution in [2.45, 2.75) is 18.9 Å². The summed E-state index contributed by atoms with van der Waals surface area (Å²) in [5.41, 5.74) is 10.9. The third-order valence-corrected chi connectivity index (χ3v) is 3.02. The molecular weight excluding hydrogens is 212 g/mol. The Morgan fingerprint density at radius 2 is 2.24 bits per heavy atom. The SMILES string of the molecule is C#CC(CNCCN)CC1C=CN1CCCN. The van der Waals surface area contributed by atoms with Crippen molar-refractivity contribution in [2.24, 2.45) is 17.4 Å². The quantitative estimate of drug-likeness (QED) is 0.380. The van der Waals surface area contributed by atoms with Crippen LogP contribution in [0.15, 0.2) is 12.3 Å². The number of nitrogens with two attached hydrogens (primary N) is 2. The second-order valence-electron chi connectivity index (χ2n) is 4.38. The second kappa shape index (κ2) is 8.13. The average Bonchev–Trinajstić information content (AvgIpc) is 2.32. The van der Waals surface area contributed by atoms with Crippen LogP contribution in [0.5, 0.6) is 0 Å². The largest absolute Gasteiger partial charge is 0.371 e. The fraction of sp³-hybridized carbons (Fsp3) is 0.692. The molecule has 96 valence electrons. The van der Waals surface area contributed by atoms with Gasteiger partial charge in [0.25, 0.3) is 0 Å². The molecule has 0 aromatic carbocycles. The number of terminal acetylenes is 1. The molecule has 17 heavy (non-hydrogen) atoms. The standard InChI is InChI=1S/C13H24N4/c1-2-12(11-16-7-6-15)10-13-4-9-17(13)8-3-5-14/h1,4,9,12-13,16H,3,5-8,10-11,14-15H2. The summed E-state index contributed by atoms with van der Waals surface area (Å²) in [6.07, 6.45) is 11.9. The highest BCUT2D eigenvalue weighted by molar-refractivity contribution is 5.10. The normalized spacial score (nSPS) is 19.8. The summed E-state index contributed by atoms with van der Waals surface area (Å²) in [5.74, 6) is 3.12. The fourth-order valence-corrected chi connectivity index (χ4v) is 1.94. The summed E-state index contributed by atoms with van der Waals surface area (Å²) in [4.78, 5) is 2.32. The zero-order chi connectivity index (χ0) is 12.5. The molecular formula is C13H24N4. The monoisotopic (exact) mass is 236 g/mol. The molecule has 0 radical (unpaired) electrons. The molecule has 0 aliphatic carbocycles. The van der Waals surface area contributed by atoms with Gasteiger partial charge in [-0.05, 0) is 31.7 Å². The zero-order valence-corrected chi connectivity index (χ0v) is 10.4. The van der Waals surface area contributed by atoms with E-state index in [1.54, 1.807) is 0 Å². The van der Waals surface area contributed by atoms with E-state index in [1.165, 1.54) is 0 Å². The van der Waals surface area contributed by atoms with Crippen molar-refractivity contribution in [1.82, 2.24) is 10.2 Å². The predicted molar refractivity (Wildman–Crippen MR) is 72.2 cm³/mol. The maximum Gasteiger partial charge on any atom is 0.0496 e. The van der Waals surface area contributed by atoms with E-state index < -0.39 is 0 Å². The van der Waals surface area contributed by atoms with E-state index in [1.807, 2.05) is 0 Å². The molecule has 0 bridgehead atoms. The molecule has 0 aromatic rings. The van der Waals surface area contributed by atoms with E-state index in [2.05, 4.69) is 28.4 Å². The lowest BCUT2D eigenvalue weighted by atomic mass is 9.96. The Labute approximate surface area is 104 Å². The maximum atomic E-state index is 5.54. The number of nitrogens with zero attached hydrogens (tertiary/aromatic N) is 1. The predicted octanol–water partition coefficient (Wildman–Crippen LogP) is -0.279. The molecule has 0 saturated carbocycles. The van der Waals surface area contributed by atoms with Crippen LogP contribution in [-0.2, 0) is 0 Å². The van der Waals surface area contributed by atoms with Crippen LogP contribution in [0.3, 0.4) is 0 Å². The maximum absolute atomic E-state index is 5.54. The molecule has 0 aromatic heterocycles. The summed E-state index contributed by atoms with van der Waals surface area (Å²) < 4.78 is 0. The van der Waals surface area contributed by atoms with Crippen molar-refractivity contribution in [3.8, 4) is 12.3 Å². The van der Waals surface area contributed by atoms with Crippen LogP contribution in [0, 0.1) is 18.3 Å². The Balaban J connectivity index is 2.22. The Kier molecular flexibility index (Phi) is 6.71. The third-order valence-electron chi connectivity index (χ3n) is 3.02. The first-order chi connectivity index (χ1) is 8.31. The Bertz CT molecular complexity index is 269. The van der Waals surface area contributed by atoms with Crippen molar-refractivity contribution < 1.29 is 0 Å². The van der Waals surface area contributed by atoms with Gasteiger partial charge in [0.2, 0.25) is 0 Å². The first-order valence-electron chi connectivity index (χ1n) is 6.32. The van der Waals surface area contributed by atoms with Gasteiger partial charge in [0.05, 0.1) is 0 Å². The molecule has 0 fully saturated rings. The summed E-state index contributed by atoms with van der Waals surface area (Å²) in [7, 11) is 0. The van der Waals surface area contributed by atoms with Gasteiger partial charge in [0.1, 0.15) is 0 Å². The highest BCUT2D eigenvalue weighted by Gasteiger charge is 2.22. The van der Waals surface area contributed by atoms with Gasteiger partial charge in [-0.15, -0.1) is 12.3 Å². The lowest BCUT2D eigenvalue weighted by Gasteiger charge is -2.37. The number of rotatable bonds is 9. The van der Waals surface area contributed by atoms with E-state index in [-0.39, 0.29) is 5.92 Å². The van der Waals surface area contributed by atoms with Gasteiger partial charge in [-0.25, -0.2) is 0 Å².